The van der Waals surface area contributed by atoms with E-state index in [0.29, 0.717) is 18.7 Å². The summed E-state index contributed by atoms with van der Waals surface area (Å²) in [5.74, 6) is -0.252. The molecule has 110 valence electrons. The van der Waals surface area contributed by atoms with Crippen molar-refractivity contribution in [3.63, 3.8) is 0 Å². The second kappa shape index (κ2) is 7.41. The fraction of sp³-hybridized carbons (Fsp3) is 0.200. The molecule has 2 aromatic rings. The van der Waals surface area contributed by atoms with Gasteiger partial charge < -0.3 is 10.1 Å². The van der Waals surface area contributed by atoms with Crippen LogP contribution in [0.2, 0.25) is 10.2 Å². The van der Waals surface area contributed by atoms with Gasteiger partial charge in [0, 0.05) is 19.9 Å². The second-order valence-corrected chi connectivity index (χ2v) is 5.20. The van der Waals surface area contributed by atoms with Crippen LogP contribution in [0, 0.1) is 0 Å². The number of aromatic nitrogens is 1. The average Bonchev–Trinajstić information content (AvgIpc) is 2.48. The van der Waals surface area contributed by atoms with E-state index in [1.54, 1.807) is 7.11 Å². The van der Waals surface area contributed by atoms with E-state index < -0.39 is 0 Å². The Morgan fingerprint density at radius 1 is 1.29 bits per heavy atom. The third-order valence-corrected chi connectivity index (χ3v) is 3.50. The Bertz CT molecular complexity index is 647. The van der Waals surface area contributed by atoms with Crippen LogP contribution in [0.4, 0.5) is 0 Å². The van der Waals surface area contributed by atoms with Gasteiger partial charge in [0.2, 0.25) is 0 Å². The maximum absolute atomic E-state index is 12.0. The molecule has 6 heteroatoms. The minimum Gasteiger partial charge on any atom is -0.380 e. The SMILES string of the molecule is COCc1cccc(CNC(=O)c2cnc(Cl)c(Cl)c2)c1. The van der Waals surface area contributed by atoms with E-state index in [0.717, 1.165) is 11.1 Å². The molecule has 0 aliphatic heterocycles. The first-order valence-corrected chi connectivity index (χ1v) is 7.01. The summed E-state index contributed by atoms with van der Waals surface area (Å²) in [6.45, 7) is 0.954. The number of halogens is 2. The molecule has 4 nitrogen and oxygen atoms in total. The minimum absolute atomic E-state index is 0.181. The third-order valence-electron chi connectivity index (χ3n) is 2.81. The Balaban J connectivity index is 2.00. The van der Waals surface area contributed by atoms with E-state index in [-0.39, 0.29) is 16.1 Å². The van der Waals surface area contributed by atoms with Gasteiger partial charge in [0.05, 0.1) is 17.2 Å². The van der Waals surface area contributed by atoms with Crippen LogP contribution in [0.1, 0.15) is 21.5 Å². The lowest BCUT2D eigenvalue weighted by molar-refractivity contribution is 0.0950. The maximum Gasteiger partial charge on any atom is 0.253 e. The van der Waals surface area contributed by atoms with Crippen molar-refractivity contribution in [1.29, 1.82) is 0 Å². The summed E-state index contributed by atoms with van der Waals surface area (Å²) in [4.78, 5) is 15.9. The zero-order chi connectivity index (χ0) is 15.2. The molecule has 21 heavy (non-hydrogen) atoms. The lowest BCUT2D eigenvalue weighted by atomic mass is 10.1. The number of methoxy groups -OCH3 is 1. The lowest BCUT2D eigenvalue weighted by Gasteiger charge is -2.07. The Kier molecular flexibility index (Phi) is 5.56. The maximum atomic E-state index is 12.0. The third kappa shape index (κ3) is 4.43. The van der Waals surface area contributed by atoms with Crippen LogP contribution < -0.4 is 5.32 Å². The quantitative estimate of drug-likeness (QED) is 0.857. The number of benzene rings is 1. The summed E-state index contributed by atoms with van der Waals surface area (Å²) < 4.78 is 5.08. The molecule has 0 saturated carbocycles. The number of hydrogen-bond donors (Lipinski definition) is 1. The first-order valence-electron chi connectivity index (χ1n) is 6.26. The molecule has 0 radical (unpaired) electrons. The number of rotatable bonds is 5. The Morgan fingerprint density at radius 3 is 2.76 bits per heavy atom. The number of nitrogens with zero attached hydrogens (tertiary/aromatic N) is 1. The molecule has 1 aromatic carbocycles. The van der Waals surface area contributed by atoms with Crippen molar-refractivity contribution in [2.45, 2.75) is 13.2 Å². The first-order chi connectivity index (χ1) is 10.1. The molecule has 0 spiro atoms. The fourth-order valence-electron chi connectivity index (χ4n) is 1.83. The summed E-state index contributed by atoms with van der Waals surface area (Å²) >= 11 is 11.6. The zero-order valence-electron chi connectivity index (χ0n) is 11.4. The van der Waals surface area contributed by atoms with Crippen LogP contribution in [0.15, 0.2) is 36.5 Å². The molecule has 0 saturated heterocycles. The van der Waals surface area contributed by atoms with E-state index >= 15 is 0 Å². The number of nitrogens with one attached hydrogen (secondary N) is 1. The van der Waals surface area contributed by atoms with Crippen molar-refractivity contribution in [3.05, 3.63) is 63.4 Å². The van der Waals surface area contributed by atoms with Crippen molar-refractivity contribution >= 4 is 29.1 Å². The highest BCUT2D eigenvalue weighted by Crippen LogP contribution is 2.19. The molecular weight excluding hydrogens is 311 g/mol. The second-order valence-electron chi connectivity index (χ2n) is 4.43. The molecule has 0 aliphatic carbocycles. The average molecular weight is 325 g/mol. The Labute approximate surface area is 133 Å². The van der Waals surface area contributed by atoms with Gasteiger partial charge in [-0.3, -0.25) is 4.79 Å². The zero-order valence-corrected chi connectivity index (χ0v) is 12.9. The van der Waals surface area contributed by atoms with Crippen molar-refractivity contribution in [2.75, 3.05) is 7.11 Å². The smallest absolute Gasteiger partial charge is 0.253 e. The number of ether oxygens (including phenoxy) is 1. The highest BCUT2D eigenvalue weighted by molar-refractivity contribution is 6.41. The van der Waals surface area contributed by atoms with Crippen molar-refractivity contribution in [2.24, 2.45) is 0 Å². The molecule has 1 heterocycles. The minimum atomic E-state index is -0.252. The number of hydrogen-bond acceptors (Lipinski definition) is 3. The van der Waals surface area contributed by atoms with Crippen molar-refractivity contribution < 1.29 is 9.53 Å². The standard InChI is InChI=1S/C15H14Cl2N2O2/c1-21-9-11-4-2-3-10(5-11)7-19-15(20)12-6-13(16)14(17)18-8-12/h2-6,8H,7,9H2,1H3,(H,19,20). The van der Waals surface area contributed by atoms with Crippen LogP contribution in [0.3, 0.4) is 0 Å². The van der Waals surface area contributed by atoms with E-state index in [1.165, 1.54) is 12.3 Å². The fourth-order valence-corrected chi connectivity index (χ4v) is 2.10. The molecule has 0 bridgehead atoms. The topological polar surface area (TPSA) is 51.2 Å². The van der Waals surface area contributed by atoms with Gasteiger partial charge in [0.25, 0.3) is 5.91 Å². The van der Waals surface area contributed by atoms with Gasteiger partial charge in [0.15, 0.2) is 0 Å². The normalized spacial score (nSPS) is 10.4. The summed E-state index contributed by atoms with van der Waals surface area (Å²) in [7, 11) is 1.64. The predicted octanol–water partition coefficient (Wildman–Crippen LogP) is 3.46. The molecule has 1 aromatic heterocycles. The summed E-state index contributed by atoms with van der Waals surface area (Å²) in [6, 6.07) is 9.31. The summed E-state index contributed by atoms with van der Waals surface area (Å²) in [5, 5.41) is 3.25. The van der Waals surface area contributed by atoms with Gasteiger partial charge in [-0.05, 0) is 17.2 Å². The number of carbonyl (C=O) groups excluding carboxylic acids is 1. The monoisotopic (exact) mass is 324 g/mol. The van der Waals surface area contributed by atoms with Gasteiger partial charge in [-0.2, -0.15) is 0 Å². The Hall–Kier alpha value is -1.62. The molecule has 2 rings (SSSR count). The molecular formula is C15H14Cl2N2O2. The van der Waals surface area contributed by atoms with Gasteiger partial charge in [-0.25, -0.2) is 4.98 Å². The van der Waals surface area contributed by atoms with E-state index in [9.17, 15) is 4.79 Å². The van der Waals surface area contributed by atoms with Gasteiger partial charge in [0.1, 0.15) is 5.15 Å². The highest BCUT2D eigenvalue weighted by atomic mass is 35.5. The lowest BCUT2D eigenvalue weighted by Crippen LogP contribution is -2.23. The molecule has 0 fully saturated rings. The molecule has 1 amide bonds. The van der Waals surface area contributed by atoms with E-state index in [4.69, 9.17) is 27.9 Å². The van der Waals surface area contributed by atoms with Gasteiger partial charge >= 0.3 is 0 Å². The van der Waals surface area contributed by atoms with E-state index in [2.05, 4.69) is 10.3 Å². The molecule has 0 unspecified atom stereocenters. The summed E-state index contributed by atoms with van der Waals surface area (Å²) in [6.07, 6.45) is 1.39. The van der Waals surface area contributed by atoms with Gasteiger partial charge in [-0.15, -0.1) is 0 Å². The van der Waals surface area contributed by atoms with Crippen LogP contribution in [-0.2, 0) is 17.9 Å². The molecule has 1 N–H and O–H groups in total. The number of amides is 1. The largest absolute Gasteiger partial charge is 0.380 e. The highest BCUT2D eigenvalue weighted by Gasteiger charge is 2.09. The van der Waals surface area contributed by atoms with Crippen LogP contribution in [0.5, 0.6) is 0 Å². The van der Waals surface area contributed by atoms with Crippen LogP contribution in [0.25, 0.3) is 0 Å². The predicted molar refractivity (Wildman–Crippen MR) is 82.6 cm³/mol. The van der Waals surface area contributed by atoms with Crippen LogP contribution in [-0.4, -0.2) is 18.0 Å². The van der Waals surface area contributed by atoms with Crippen molar-refractivity contribution in [1.82, 2.24) is 10.3 Å². The number of carbonyl (C=O) groups is 1. The molecule has 0 atom stereocenters. The van der Waals surface area contributed by atoms with Crippen molar-refractivity contribution in [3.8, 4) is 0 Å². The first kappa shape index (κ1) is 15.8. The number of pyridine rings is 1. The van der Waals surface area contributed by atoms with Crippen LogP contribution >= 0.6 is 23.2 Å². The Morgan fingerprint density at radius 2 is 2.05 bits per heavy atom. The summed E-state index contributed by atoms with van der Waals surface area (Å²) in [5.41, 5.74) is 2.42. The van der Waals surface area contributed by atoms with Gasteiger partial charge in [-0.1, -0.05) is 47.5 Å². The molecule has 0 aliphatic rings. The van der Waals surface area contributed by atoms with E-state index in [1.807, 2.05) is 24.3 Å².